The molecule has 0 atom stereocenters. The third-order valence-electron chi connectivity index (χ3n) is 2.04. The van der Waals surface area contributed by atoms with Crippen LogP contribution in [-0.2, 0) is 0 Å². The maximum atomic E-state index is 8.81. The van der Waals surface area contributed by atoms with Crippen LogP contribution in [0.5, 0.6) is 0 Å². The average molecular weight is 193 g/mol. The summed E-state index contributed by atoms with van der Waals surface area (Å²) in [5.74, 6) is 0. The predicted octanol–water partition coefficient (Wildman–Crippen LogP) is 2.79. The number of benzene rings is 1. The molecule has 1 aliphatic carbocycles. The van der Waals surface area contributed by atoms with Crippen LogP contribution in [-0.4, -0.2) is 6.04 Å². The molecule has 1 saturated carbocycles. The van der Waals surface area contributed by atoms with E-state index in [9.17, 15) is 0 Å². The van der Waals surface area contributed by atoms with Crippen LogP contribution >= 0.6 is 11.6 Å². The van der Waals surface area contributed by atoms with E-state index in [1.54, 1.807) is 18.2 Å². The molecule has 0 unspecified atom stereocenters. The molecule has 2 rings (SSSR count). The summed E-state index contributed by atoms with van der Waals surface area (Å²) in [7, 11) is 0. The van der Waals surface area contributed by atoms with Gasteiger partial charge in [0.15, 0.2) is 0 Å². The lowest BCUT2D eigenvalue weighted by atomic mass is 10.2. The van der Waals surface area contributed by atoms with E-state index in [4.69, 9.17) is 16.9 Å². The van der Waals surface area contributed by atoms with E-state index in [-0.39, 0.29) is 0 Å². The second-order valence-electron chi connectivity index (χ2n) is 3.22. The Morgan fingerprint density at radius 1 is 1.46 bits per heavy atom. The lowest BCUT2D eigenvalue weighted by Crippen LogP contribution is -2.02. The van der Waals surface area contributed by atoms with Crippen molar-refractivity contribution in [1.29, 1.82) is 5.26 Å². The number of nitriles is 1. The zero-order chi connectivity index (χ0) is 9.26. The molecule has 1 aromatic carbocycles. The smallest absolute Gasteiger partial charge is 0.101 e. The van der Waals surface area contributed by atoms with Crippen LogP contribution in [0.1, 0.15) is 18.4 Å². The van der Waals surface area contributed by atoms with Crippen LogP contribution in [0.2, 0.25) is 5.02 Å². The number of anilines is 1. The van der Waals surface area contributed by atoms with Gasteiger partial charge in [0, 0.05) is 11.1 Å². The van der Waals surface area contributed by atoms with Crippen molar-refractivity contribution in [2.24, 2.45) is 0 Å². The lowest BCUT2D eigenvalue weighted by Gasteiger charge is -2.06. The molecule has 66 valence electrons. The highest BCUT2D eigenvalue weighted by Gasteiger charge is 2.21. The second kappa shape index (κ2) is 3.27. The largest absolute Gasteiger partial charge is 0.381 e. The summed E-state index contributed by atoms with van der Waals surface area (Å²) >= 11 is 5.83. The van der Waals surface area contributed by atoms with Gasteiger partial charge in [-0.1, -0.05) is 11.6 Å². The lowest BCUT2D eigenvalue weighted by molar-refractivity contribution is 1.15. The molecule has 0 aliphatic heterocycles. The standard InChI is InChI=1S/C10H9ClN2/c11-8-2-1-7(6-12)10(5-8)13-9-3-4-9/h1-2,5,9,13H,3-4H2. The number of halogens is 1. The zero-order valence-electron chi connectivity index (χ0n) is 7.05. The molecule has 0 bridgehead atoms. The van der Waals surface area contributed by atoms with Crippen molar-refractivity contribution in [2.45, 2.75) is 18.9 Å². The van der Waals surface area contributed by atoms with Crippen LogP contribution < -0.4 is 5.32 Å². The number of hydrogen-bond acceptors (Lipinski definition) is 2. The Kier molecular flexibility index (Phi) is 2.12. The van der Waals surface area contributed by atoms with Gasteiger partial charge in [0.25, 0.3) is 0 Å². The Labute approximate surface area is 82.1 Å². The van der Waals surface area contributed by atoms with Gasteiger partial charge in [0.05, 0.1) is 11.3 Å². The van der Waals surface area contributed by atoms with Crippen LogP contribution in [0.3, 0.4) is 0 Å². The van der Waals surface area contributed by atoms with Gasteiger partial charge < -0.3 is 5.32 Å². The first-order valence-corrected chi connectivity index (χ1v) is 4.63. The van der Waals surface area contributed by atoms with E-state index < -0.39 is 0 Å². The Balaban J connectivity index is 2.29. The van der Waals surface area contributed by atoms with Gasteiger partial charge >= 0.3 is 0 Å². The molecule has 0 heterocycles. The summed E-state index contributed by atoms with van der Waals surface area (Å²) in [4.78, 5) is 0. The van der Waals surface area contributed by atoms with Crippen molar-refractivity contribution in [3.05, 3.63) is 28.8 Å². The zero-order valence-corrected chi connectivity index (χ0v) is 7.80. The average Bonchev–Trinajstić information content (AvgIpc) is 2.89. The van der Waals surface area contributed by atoms with Gasteiger partial charge in [0.1, 0.15) is 6.07 Å². The first-order valence-electron chi connectivity index (χ1n) is 4.26. The van der Waals surface area contributed by atoms with E-state index in [1.165, 1.54) is 12.8 Å². The molecule has 2 nitrogen and oxygen atoms in total. The quantitative estimate of drug-likeness (QED) is 0.782. The second-order valence-corrected chi connectivity index (χ2v) is 3.66. The fourth-order valence-corrected chi connectivity index (χ4v) is 1.35. The van der Waals surface area contributed by atoms with Crippen LogP contribution in [0.15, 0.2) is 18.2 Å². The fourth-order valence-electron chi connectivity index (χ4n) is 1.18. The Hall–Kier alpha value is -1.20. The van der Waals surface area contributed by atoms with Gasteiger partial charge in [-0.2, -0.15) is 5.26 Å². The molecule has 1 aliphatic rings. The van der Waals surface area contributed by atoms with Crippen LogP contribution in [0, 0.1) is 11.3 Å². The molecule has 1 aromatic rings. The topological polar surface area (TPSA) is 35.8 Å². The highest BCUT2D eigenvalue weighted by Crippen LogP contribution is 2.28. The van der Waals surface area contributed by atoms with Crippen LogP contribution in [0.25, 0.3) is 0 Å². The maximum Gasteiger partial charge on any atom is 0.101 e. The third kappa shape index (κ3) is 1.93. The molecule has 0 spiro atoms. The number of rotatable bonds is 2. The van der Waals surface area contributed by atoms with E-state index >= 15 is 0 Å². The maximum absolute atomic E-state index is 8.81. The summed E-state index contributed by atoms with van der Waals surface area (Å²) in [5.41, 5.74) is 1.52. The monoisotopic (exact) mass is 192 g/mol. The molecule has 0 radical (unpaired) electrons. The van der Waals surface area contributed by atoms with Gasteiger partial charge in [0.2, 0.25) is 0 Å². The number of nitrogens with one attached hydrogen (secondary N) is 1. The van der Waals surface area contributed by atoms with Gasteiger partial charge in [-0.15, -0.1) is 0 Å². The van der Waals surface area contributed by atoms with E-state index in [0.29, 0.717) is 16.6 Å². The molecule has 1 N–H and O–H groups in total. The van der Waals surface area contributed by atoms with Crippen molar-refractivity contribution in [1.82, 2.24) is 0 Å². The molecule has 0 amide bonds. The van der Waals surface area contributed by atoms with Gasteiger partial charge in [-0.05, 0) is 31.0 Å². The van der Waals surface area contributed by atoms with Gasteiger partial charge in [-0.25, -0.2) is 0 Å². The molecule has 0 saturated heterocycles. The van der Waals surface area contributed by atoms with Crippen molar-refractivity contribution in [3.63, 3.8) is 0 Å². The predicted molar refractivity (Wildman–Crippen MR) is 52.8 cm³/mol. The number of hydrogen-bond donors (Lipinski definition) is 1. The van der Waals surface area contributed by atoms with Gasteiger partial charge in [-0.3, -0.25) is 0 Å². The summed E-state index contributed by atoms with van der Waals surface area (Å²) in [6.07, 6.45) is 2.38. The first kappa shape index (κ1) is 8.40. The van der Waals surface area contributed by atoms with Crippen molar-refractivity contribution in [2.75, 3.05) is 5.32 Å². The minimum Gasteiger partial charge on any atom is -0.381 e. The third-order valence-corrected chi connectivity index (χ3v) is 2.27. The normalized spacial score (nSPS) is 15.1. The molecule has 0 aromatic heterocycles. The molecular weight excluding hydrogens is 184 g/mol. The first-order chi connectivity index (χ1) is 6.29. The summed E-state index contributed by atoms with van der Waals surface area (Å²) < 4.78 is 0. The molecule has 1 fully saturated rings. The molecule has 3 heteroatoms. The fraction of sp³-hybridized carbons (Fsp3) is 0.300. The SMILES string of the molecule is N#Cc1ccc(Cl)cc1NC1CC1. The van der Waals surface area contributed by atoms with Crippen LogP contribution in [0.4, 0.5) is 5.69 Å². The summed E-state index contributed by atoms with van der Waals surface area (Å²) in [5, 5.41) is 12.7. The highest BCUT2D eigenvalue weighted by molar-refractivity contribution is 6.30. The minimum absolute atomic E-state index is 0.547. The Morgan fingerprint density at radius 2 is 2.23 bits per heavy atom. The van der Waals surface area contributed by atoms with Crippen molar-refractivity contribution >= 4 is 17.3 Å². The highest BCUT2D eigenvalue weighted by atomic mass is 35.5. The van der Waals surface area contributed by atoms with Crippen molar-refractivity contribution < 1.29 is 0 Å². The summed E-state index contributed by atoms with van der Waals surface area (Å²) in [6, 6.07) is 7.96. The Bertz CT molecular complexity index is 364. The van der Waals surface area contributed by atoms with E-state index in [1.807, 2.05) is 0 Å². The molecule has 13 heavy (non-hydrogen) atoms. The summed E-state index contributed by atoms with van der Waals surface area (Å²) in [6.45, 7) is 0. The molecular formula is C10H9ClN2. The number of nitrogens with zero attached hydrogens (tertiary/aromatic N) is 1. The minimum atomic E-state index is 0.547. The van der Waals surface area contributed by atoms with Crippen molar-refractivity contribution in [3.8, 4) is 6.07 Å². The van der Waals surface area contributed by atoms with E-state index in [2.05, 4.69) is 11.4 Å². The van der Waals surface area contributed by atoms with E-state index in [0.717, 1.165) is 5.69 Å². The Morgan fingerprint density at radius 3 is 2.85 bits per heavy atom.